The number of ether oxygens (including phenoxy) is 1. The highest BCUT2D eigenvalue weighted by atomic mass is 35.5. The minimum Gasteiger partial charge on any atom is -0.489 e. The molecule has 0 fully saturated rings. The van der Waals surface area contributed by atoms with Gasteiger partial charge in [-0.25, -0.2) is 4.39 Å². The van der Waals surface area contributed by atoms with Gasteiger partial charge in [0.05, 0.1) is 0 Å². The van der Waals surface area contributed by atoms with Crippen molar-refractivity contribution in [2.24, 2.45) is 5.73 Å². The number of benzene rings is 2. The Kier molecular flexibility index (Phi) is 4.13. The van der Waals surface area contributed by atoms with Crippen molar-refractivity contribution in [3.63, 3.8) is 0 Å². The van der Waals surface area contributed by atoms with E-state index in [1.54, 1.807) is 12.1 Å². The molecule has 110 valence electrons. The standard InChI is InChI=1S/C17H17ClFNO/c18-12-8-7-11(15(19)9-12)10-21-17-6-2-3-13-14(17)4-1-5-16(13)20/h2-3,6-9,16H,1,4-5,10,20H2. The van der Waals surface area contributed by atoms with E-state index in [9.17, 15) is 4.39 Å². The van der Waals surface area contributed by atoms with Crippen molar-refractivity contribution in [1.29, 1.82) is 0 Å². The van der Waals surface area contributed by atoms with Gasteiger partial charge in [0.15, 0.2) is 0 Å². The van der Waals surface area contributed by atoms with Gasteiger partial charge in [0.2, 0.25) is 0 Å². The van der Waals surface area contributed by atoms with Crippen molar-refractivity contribution in [2.45, 2.75) is 31.9 Å². The monoisotopic (exact) mass is 305 g/mol. The SMILES string of the molecule is NC1CCCc2c(OCc3ccc(Cl)cc3F)cccc21. The van der Waals surface area contributed by atoms with E-state index >= 15 is 0 Å². The second kappa shape index (κ2) is 6.04. The highest BCUT2D eigenvalue weighted by Crippen LogP contribution is 2.34. The molecule has 0 radical (unpaired) electrons. The van der Waals surface area contributed by atoms with Crippen LogP contribution in [0.15, 0.2) is 36.4 Å². The van der Waals surface area contributed by atoms with Gasteiger partial charge in [-0.05, 0) is 48.6 Å². The molecule has 0 amide bonds. The summed E-state index contributed by atoms with van der Waals surface area (Å²) in [5.41, 5.74) is 8.94. The Morgan fingerprint density at radius 2 is 2.14 bits per heavy atom. The molecule has 1 unspecified atom stereocenters. The molecule has 2 aromatic carbocycles. The average molecular weight is 306 g/mol. The van der Waals surface area contributed by atoms with E-state index < -0.39 is 0 Å². The minimum absolute atomic E-state index is 0.0737. The summed E-state index contributed by atoms with van der Waals surface area (Å²) in [6, 6.07) is 10.6. The summed E-state index contributed by atoms with van der Waals surface area (Å²) >= 11 is 5.75. The molecule has 0 spiro atoms. The molecule has 1 atom stereocenters. The van der Waals surface area contributed by atoms with Crippen LogP contribution in [-0.4, -0.2) is 0 Å². The van der Waals surface area contributed by atoms with Gasteiger partial charge in [-0.3, -0.25) is 0 Å². The predicted molar refractivity (Wildman–Crippen MR) is 82.1 cm³/mol. The lowest BCUT2D eigenvalue weighted by Gasteiger charge is -2.24. The Bertz CT molecular complexity index is 659. The summed E-state index contributed by atoms with van der Waals surface area (Å²) in [6.45, 7) is 0.189. The van der Waals surface area contributed by atoms with Crippen LogP contribution in [0.2, 0.25) is 5.02 Å². The Balaban J connectivity index is 1.81. The highest BCUT2D eigenvalue weighted by molar-refractivity contribution is 6.30. The third-order valence-electron chi connectivity index (χ3n) is 3.91. The van der Waals surface area contributed by atoms with Crippen LogP contribution >= 0.6 is 11.6 Å². The van der Waals surface area contributed by atoms with Gasteiger partial charge in [0.25, 0.3) is 0 Å². The first-order valence-electron chi connectivity index (χ1n) is 7.09. The summed E-state index contributed by atoms with van der Waals surface area (Å²) in [7, 11) is 0. The lowest BCUT2D eigenvalue weighted by molar-refractivity contribution is 0.294. The van der Waals surface area contributed by atoms with E-state index in [1.807, 2.05) is 12.1 Å². The number of rotatable bonds is 3. The fourth-order valence-electron chi connectivity index (χ4n) is 2.78. The number of halogens is 2. The zero-order chi connectivity index (χ0) is 14.8. The van der Waals surface area contributed by atoms with Crippen molar-refractivity contribution in [2.75, 3.05) is 0 Å². The highest BCUT2D eigenvalue weighted by Gasteiger charge is 2.20. The van der Waals surface area contributed by atoms with Crippen molar-refractivity contribution in [3.8, 4) is 5.75 Å². The van der Waals surface area contributed by atoms with Crippen LogP contribution in [0.1, 0.15) is 35.6 Å². The summed E-state index contributed by atoms with van der Waals surface area (Å²) < 4.78 is 19.6. The second-order valence-electron chi connectivity index (χ2n) is 5.35. The Morgan fingerprint density at radius 1 is 1.29 bits per heavy atom. The molecule has 0 aliphatic heterocycles. The van der Waals surface area contributed by atoms with Gasteiger partial charge < -0.3 is 10.5 Å². The topological polar surface area (TPSA) is 35.2 Å². The molecule has 0 heterocycles. The summed E-state index contributed by atoms with van der Waals surface area (Å²) in [5.74, 6) is 0.459. The van der Waals surface area contributed by atoms with E-state index in [2.05, 4.69) is 6.07 Å². The van der Waals surface area contributed by atoms with Crippen molar-refractivity contribution in [3.05, 3.63) is 63.9 Å². The fraction of sp³-hybridized carbons (Fsp3) is 0.294. The zero-order valence-electron chi connectivity index (χ0n) is 11.6. The first-order valence-corrected chi connectivity index (χ1v) is 7.47. The van der Waals surface area contributed by atoms with Crippen molar-refractivity contribution in [1.82, 2.24) is 0 Å². The van der Waals surface area contributed by atoms with E-state index in [0.717, 1.165) is 36.1 Å². The Morgan fingerprint density at radius 3 is 2.95 bits per heavy atom. The third kappa shape index (κ3) is 3.04. The Hall–Kier alpha value is -1.58. The van der Waals surface area contributed by atoms with Gasteiger partial charge in [-0.2, -0.15) is 0 Å². The molecule has 1 aliphatic carbocycles. The van der Waals surface area contributed by atoms with Crippen LogP contribution in [0.4, 0.5) is 4.39 Å². The molecule has 2 nitrogen and oxygen atoms in total. The molecular formula is C17H17ClFNO. The van der Waals surface area contributed by atoms with Gasteiger partial charge >= 0.3 is 0 Å². The van der Waals surface area contributed by atoms with Crippen LogP contribution in [0, 0.1) is 5.82 Å². The number of hydrogen-bond acceptors (Lipinski definition) is 2. The Labute approximate surface area is 128 Å². The quantitative estimate of drug-likeness (QED) is 0.912. The smallest absolute Gasteiger partial charge is 0.131 e. The maximum atomic E-state index is 13.8. The van der Waals surface area contributed by atoms with Gasteiger partial charge in [0, 0.05) is 16.6 Å². The molecule has 2 N–H and O–H groups in total. The maximum Gasteiger partial charge on any atom is 0.131 e. The molecule has 4 heteroatoms. The number of fused-ring (bicyclic) bond motifs is 1. The van der Waals surface area contributed by atoms with E-state index in [4.69, 9.17) is 22.1 Å². The zero-order valence-corrected chi connectivity index (χ0v) is 12.4. The largest absolute Gasteiger partial charge is 0.489 e. The first-order chi connectivity index (χ1) is 10.1. The van der Waals surface area contributed by atoms with Crippen molar-refractivity contribution < 1.29 is 9.13 Å². The number of nitrogens with two attached hydrogens (primary N) is 1. The van der Waals surface area contributed by atoms with Crippen molar-refractivity contribution >= 4 is 11.6 Å². The van der Waals surface area contributed by atoms with Crippen LogP contribution in [-0.2, 0) is 13.0 Å². The van der Waals surface area contributed by atoms with Gasteiger partial charge in [-0.15, -0.1) is 0 Å². The van der Waals surface area contributed by atoms with Gasteiger partial charge in [-0.1, -0.05) is 29.8 Å². The molecule has 0 saturated carbocycles. The maximum absolute atomic E-state index is 13.8. The van der Waals surface area contributed by atoms with Gasteiger partial charge in [0.1, 0.15) is 18.2 Å². The van der Waals surface area contributed by atoms with Crippen LogP contribution < -0.4 is 10.5 Å². The molecule has 2 aromatic rings. The molecule has 3 rings (SSSR count). The molecule has 0 aromatic heterocycles. The molecular weight excluding hydrogens is 289 g/mol. The third-order valence-corrected chi connectivity index (χ3v) is 4.14. The molecule has 0 saturated heterocycles. The lowest BCUT2D eigenvalue weighted by Crippen LogP contribution is -2.18. The van der Waals surface area contributed by atoms with Crippen LogP contribution in [0.5, 0.6) is 5.75 Å². The first kappa shape index (κ1) is 14.4. The molecule has 1 aliphatic rings. The summed E-state index contributed by atoms with van der Waals surface area (Å²) in [6.07, 6.45) is 3.02. The number of hydrogen-bond donors (Lipinski definition) is 1. The van der Waals surface area contributed by atoms with Crippen LogP contribution in [0.25, 0.3) is 0 Å². The summed E-state index contributed by atoms with van der Waals surface area (Å²) in [5, 5.41) is 0.388. The molecule has 21 heavy (non-hydrogen) atoms. The summed E-state index contributed by atoms with van der Waals surface area (Å²) in [4.78, 5) is 0. The second-order valence-corrected chi connectivity index (χ2v) is 5.78. The lowest BCUT2D eigenvalue weighted by atomic mass is 9.87. The minimum atomic E-state index is -0.344. The predicted octanol–water partition coefficient (Wildman–Crippen LogP) is 4.39. The van der Waals surface area contributed by atoms with Crippen LogP contribution in [0.3, 0.4) is 0 Å². The van der Waals surface area contributed by atoms with E-state index in [1.165, 1.54) is 6.07 Å². The average Bonchev–Trinajstić information content (AvgIpc) is 2.47. The van der Waals surface area contributed by atoms with E-state index in [0.29, 0.717) is 10.6 Å². The molecule has 0 bridgehead atoms. The normalized spacial score (nSPS) is 17.4. The van der Waals surface area contributed by atoms with E-state index in [-0.39, 0.29) is 18.5 Å². The fourth-order valence-corrected chi connectivity index (χ4v) is 2.94.